The first kappa shape index (κ1) is 30.6. The minimum atomic E-state index is -3.58. The molecule has 2 amide bonds. The number of piperidine rings is 1. The Morgan fingerprint density at radius 2 is 1.56 bits per heavy atom. The van der Waals surface area contributed by atoms with Crippen molar-refractivity contribution in [1.82, 2.24) is 9.62 Å². The summed E-state index contributed by atoms with van der Waals surface area (Å²) in [7, 11) is -3.58. The van der Waals surface area contributed by atoms with Crippen molar-refractivity contribution >= 4 is 44.9 Å². The van der Waals surface area contributed by atoms with E-state index in [-0.39, 0.29) is 11.8 Å². The Labute approximate surface area is 262 Å². The van der Waals surface area contributed by atoms with E-state index >= 15 is 0 Å². The van der Waals surface area contributed by atoms with Crippen LogP contribution in [0.15, 0.2) is 102 Å². The second kappa shape index (κ2) is 13.6. The summed E-state index contributed by atoms with van der Waals surface area (Å²) in [5, 5.41) is 15.9. The zero-order valence-corrected chi connectivity index (χ0v) is 25.5. The molecule has 0 aliphatic carbocycles. The number of anilines is 1. The topological polar surface area (TPSA) is 102 Å². The van der Waals surface area contributed by atoms with Gasteiger partial charge in [0.05, 0.1) is 16.5 Å². The van der Waals surface area contributed by atoms with Crippen LogP contribution in [0.1, 0.15) is 29.9 Å². The van der Waals surface area contributed by atoms with Crippen LogP contribution in [0.5, 0.6) is 0 Å². The minimum Gasteiger partial charge on any atom is -0.337 e. The molecule has 0 bridgehead atoms. The Morgan fingerprint density at radius 3 is 2.21 bits per heavy atom. The van der Waals surface area contributed by atoms with Gasteiger partial charge in [-0.15, -0.1) is 0 Å². The molecule has 1 aliphatic heterocycles. The highest BCUT2D eigenvalue weighted by Crippen LogP contribution is 2.35. The molecule has 0 saturated carbocycles. The van der Waals surface area contributed by atoms with Crippen molar-refractivity contribution in [2.24, 2.45) is 5.92 Å². The third-order valence-corrected chi connectivity index (χ3v) is 10.1. The molecule has 43 heavy (non-hydrogen) atoms. The number of nitrogens with zero attached hydrogens (tertiary/aromatic N) is 2. The standard InChI is InChI=1S/C33H30Cl2N4O3S/c34-28-18-29(35)20-30(19-28)38-33(40)37-22-32(25-11-9-24(10-12-25)27-6-4-5-23(17-27)21-36)26-13-15-39(16-14-26)43(41,42)31-7-2-1-3-8-31/h1-12,17-20,26,32H,13-16,22H2,(H2,37,38,40). The number of urea groups is 1. The van der Waals surface area contributed by atoms with Crippen LogP contribution in [0.4, 0.5) is 10.5 Å². The molecule has 1 aliphatic rings. The van der Waals surface area contributed by atoms with Crippen LogP contribution in [0, 0.1) is 17.2 Å². The number of nitrogens with one attached hydrogen (secondary N) is 2. The summed E-state index contributed by atoms with van der Waals surface area (Å²) in [6.07, 6.45) is 1.30. The largest absolute Gasteiger partial charge is 0.337 e. The zero-order chi connectivity index (χ0) is 30.4. The van der Waals surface area contributed by atoms with Gasteiger partial charge in [-0.05, 0) is 77.9 Å². The molecule has 1 saturated heterocycles. The Hall–Kier alpha value is -3.87. The van der Waals surface area contributed by atoms with Gasteiger partial charge in [0.1, 0.15) is 0 Å². The van der Waals surface area contributed by atoms with Gasteiger partial charge in [-0.2, -0.15) is 9.57 Å². The van der Waals surface area contributed by atoms with Crippen LogP contribution >= 0.6 is 23.2 Å². The summed E-state index contributed by atoms with van der Waals surface area (Å²) in [5.74, 6) is 0.0747. The van der Waals surface area contributed by atoms with Gasteiger partial charge in [0.15, 0.2) is 0 Å². The van der Waals surface area contributed by atoms with Crippen molar-refractivity contribution < 1.29 is 13.2 Å². The summed E-state index contributed by atoms with van der Waals surface area (Å²) >= 11 is 12.2. The highest BCUT2D eigenvalue weighted by molar-refractivity contribution is 7.89. The lowest BCUT2D eigenvalue weighted by atomic mass is 9.80. The number of hydrogen-bond acceptors (Lipinski definition) is 4. The third-order valence-electron chi connectivity index (χ3n) is 7.72. The number of benzene rings is 4. The normalized spacial score (nSPS) is 14.9. The lowest BCUT2D eigenvalue weighted by molar-refractivity contribution is 0.233. The average Bonchev–Trinajstić information content (AvgIpc) is 3.01. The van der Waals surface area contributed by atoms with E-state index in [9.17, 15) is 18.5 Å². The first-order valence-electron chi connectivity index (χ1n) is 13.9. The number of nitriles is 1. The van der Waals surface area contributed by atoms with Gasteiger partial charge in [-0.25, -0.2) is 13.2 Å². The van der Waals surface area contributed by atoms with Crippen LogP contribution in [-0.2, 0) is 10.0 Å². The minimum absolute atomic E-state index is 0.0604. The number of carbonyl (C=O) groups is 1. The van der Waals surface area contributed by atoms with E-state index in [1.807, 2.05) is 42.5 Å². The van der Waals surface area contributed by atoms with E-state index in [0.717, 1.165) is 16.7 Å². The van der Waals surface area contributed by atoms with Crippen LogP contribution < -0.4 is 10.6 Å². The summed E-state index contributed by atoms with van der Waals surface area (Å²) < 4.78 is 28.0. The SMILES string of the molecule is N#Cc1cccc(-c2ccc(C(CNC(=O)Nc3cc(Cl)cc(Cl)c3)C3CCN(S(=O)(=O)c4ccccc4)CC3)cc2)c1. The molecule has 5 rings (SSSR count). The van der Waals surface area contributed by atoms with Crippen molar-refractivity contribution in [2.45, 2.75) is 23.7 Å². The van der Waals surface area contributed by atoms with E-state index in [2.05, 4.69) is 16.7 Å². The molecule has 7 nitrogen and oxygen atoms in total. The molecule has 0 aromatic heterocycles. The van der Waals surface area contributed by atoms with Gasteiger partial charge < -0.3 is 10.6 Å². The Morgan fingerprint density at radius 1 is 0.884 bits per heavy atom. The van der Waals surface area contributed by atoms with Gasteiger partial charge in [0.25, 0.3) is 0 Å². The smallest absolute Gasteiger partial charge is 0.319 e. The van der Waals surface area contributed by atoms with Gasteiger partial charge in [0.2, 0.25) is 10.0 Å². The van der Waals surface area contributed by atoms with Crippen LogP contribution in [0.3, 0.4) is 0 Å². The zero-order valence-electron chi connectivity index (χ0n) is 23.2. The number of amides is 2. The maximum atomic E-state index is 13.2. The van der Waals surface area contributed by atoms with Crippen LogP contribution in [-0.4, -0.2) is 38.4 Å². The number of hydrogen-bond donors (Lipinski definition) is 2. The molecule has 4 aromatic rings. The number of sulfonamides is 1. The first-order chi connectivity index (χ1) is 20.7. The molecule has 4 aromatic carbocycles. The van der Waals surface area contributed by atoms with E-state index in [4.69, 9.17) is 23.2 Å². The van der Waals surface area contributed by atoms with Crippen molar-refractivity contribution in [1.29, 1.82) is 5.26 Å². The molecule has 220 valence electrons. The van der Waals surface area contributed by atoms with Crippen molar-refractivity contribution in [3.05, 3.63) is 118 Å². The van der Waals surface area contributed by atoms with Gasteiger partial charge in [-0.3, -0.25) is 0 Å². The maximum Gasteiger partial charge on any atom is 0.319 e. The van der Waals surface area contributed by atoms with Gasteiger partial charge >= 0.3 is 6.03 Å². The first-order valence-corrected chi connectivity index (χ1v) is 16.1. The van der Waals surface area contributed by atoms with E-state index in [1.54, 1.807) is 58.9 Å². The fraction of sp³-hybridized carbons (Fsp3) is 0.212. The van der Waals surface area contributed by atoms with Gasteiger partial charge in [-0.1, -0.05) is 77.8 Å². The fourth-order valence-corrected chi connectivity index (χ4v) is 7.53. The van der Waals surface area contributed by atoms with Crippen molar-refractivity contribution in [3.8, 4) is 17.2 Å². The van der Waals surface area contributed by atoms with E-state index in [1.165, 1.54) is 0 Å². The van der Waals surface area contributed by atoms with E-state index in [0.29, 0.717) is 58.7 Å². The molecule has 10 heteroatoms. The van der Waals surface area contributed by atoms with Crippen molar-refractivity contribution in [3.63, 3.8) is 0 Å². The summed E-state index contributed by atoms with van der Waals surface area (Å²) in [6, 6.07) is 30.7. The maximum absolute atomic E-state index is 13.2. The molecule has 1 heterocycles. The van der Waals surface area contributed by atoms with Crippen LogP contribution in [0.25, 0.3) is 11.1 Å². The molecule has 0 spiro atoms. The highest BCUT2D eigenvalue weighted by atomic mass is 35.5. The predicted octanol–water partition coefficient (Wildman–Crippen LogP) is 7.54. The number of halogens is 2. The monoisotopic (exact) mass is 632 g/mol. The summed E-state index contributed by atoms with van der Waals surface area (Å²) in [6.45, 7) is 1.13. The molecular weight excluding hydrogens is 603 g/mol. The predicted molar refractivity (Wildman–Crippen MR) is 171 cm³/mol. The molecule has 1 atom stereocenters. The number of rotatable bonds is 8. The summed E-state index contributed by atoms with van der Waals surface area (Å²) in [5.41, 5.74) is 4.03. The average molecular weight is 634 g/mol. The highest BCUT2D eigenvalue weighted by Gasteiger charge is 2.33. The number of carbonyl (C=O) groups excluding carboxylic acids is 1. The third kappa shape index (κ3) is 7.56. The molecule has 1 unspecified atom stereocenters. The van der Waals surface area contributed by atoms with Gasteiger partial charge in [0, 0.05) is 41.3 Å². The quantitative estimate of drug-likeness (QED) is 0.209. The van der Waals surface area contributed by atoms with Crippen LogP contribution in [0.2, 0.25) is 10.0 Å². The molecule has 1 fully saturated rings. The fourth-order valence-electron chi connectivity index (χ4n) is 5.51. The Bertz CT molecular complexity index is 1710. The Kier molecular flexibility index (Phi) is 9.69. The second-order valence-electron chi connectivity index (χ2n) is 10.5. The summed E-state index contributed by atoms with van der Waals surface area (Å²) in [4.78, 5) is 13.2. The lowest BCUT2D eigenvalue weighted by Crippen LogP contribution is -2.42. The second-order valence-corrected chi connectivity index (χ2v) is 13.3. The molecular formula is C33H30Cl2N4O3S. The molecule has 2 N–H and O–H groups in total. The van der Waals surface area contributed by atoms with E-state index < -0.39 is 16.1 Å². The van der Waals surface area contributed by atoms with Crippen molar-refractivity contribution in [2.75, 3.05) is 25.0 Å². The Balaban J connectivity index is 1.33. The lowest BCUT2D eigenvalue weighted by Gasteiger charge is -2.36. The molecule has 0 radical (unpaired) electrons.